The first-order chi connectivity index (χ1) is 6.63. The monoisotopic (exact) mass is 192 g/mol. The van der Waals surface area contributed by atoms with Gasteiger partial charge in [-0.05, 0) is 31.0 Å². The zero-order valence-corrected chi connectivity index (χ0v) is 8.63. The second-order valence-corrected chi connectivity index (χ2v) is 3.57. The molecule has 1 heterocycles. The third kappa shape index (κ3) is 1.20. The highest BCUT2D eigenvalue weighted by Gasteiger charge is 2.11. The molecule has 74 valence electrons. The molecule has 1 aromatic heterocycles. The zero-order chi connectivity index (χ0) is 10.3. The van der Waals surface area contributed by atoms with Gasteiger partial charge in [-0.25, -0.2) is 4.39 Å². The maximum absolute atomic E-state index is 13.5. The number of nitrogens with zero attached hydrogens (tertiary/aromatic N) is 2. The van der Waals surface area contributed by atoms with Gasteiger partial charge >= 0.3 is 0 Å². The Morgan fingerprint density at radius 3 is 2.79 bits per heavy atom. The van der Waals surface area contributed by atoms with E-state index in [1.807, 2.05) is 20.0 Å². The zero-order valence-electron chi connectivity index (χ0n) is 8.63. The lowest BCUT2D eigenvalue weighted by Gasteiger charge is -1.98. The van der Waals surface area contributed by atoms with Crippen LogP contribution in [0.5, 0.6) is 0 Å². The highest BCUT2D eigenvalue weighted by Crippen LogP contribution is 2.22. The van der Waals surface area contributed by atoms with E-state index in [1.165, 1.54) is 6.07 Å². The Balaban J connectivity index is 2.87. The summed E-state index contributed by atoms with van der Waals surface area (Å²) in [5.41, 5.74) is 2.51. The summed E-state index contributed by atoms with van der Waals surface area (Å²) in [6.45, 7) is 3.95. The molecule has 0 radical (unpaired) electrons. The van der Waals surface area contributed by atoms with Crippen molar-refractivity contribution in [3.63, 3.8) is 0 Å². The standard InChI is InChI=1S/C11H13FN2/c1-4-10-8-5-7(2)6-9(12)11(8)13-14(10)3/h5-6H,4H2,1-3H3. The van der Waals surface area contributed by atoms with E-state index in [9.17, 15) is 4.39 Å². The quantitative estimate of drug-likeness (QED) is 0.679. The minimum absolute atomic E-state index is 0.227. The van der Waals surface area contributed by atoms with Gasteiger partial charge in [-0.2, -0.15) is 5.10 Å². The Morgan fingerprint density at radius 1 is 1.43 bits per heavy atom. The summed E-state index contributed by atoms with van der Waals surface area (Å²) in [5.74, 6) is -0.227. The summed E-state index contributed by atoms with van der Waals surface area (Å²) >= 11 is 0. The van der Waals surface area contributed by atoms with Crippen LogP contribution in [0.1, 0.15) is 18.2 Å². The topological polar surface area (TPSA) is 17.8 Å². The Kier molecular flexibility index (Phi) is 2.02. The van der Waals surface area contributed by atoms with Crippen LogP contribution in [0.3, 0.4) is 0 Å². The maximum Gasteiger partial charge on any atom is 0.151 e. The van der Waals surface area contributed by atoms with E-state index in [0.717, 1.165) is 23.1 Å². The van der Waals surface area contributed by atoms with Gasteiger partial charge in [0.25, 0.3) is 0 Å². The number of aromatic nitrogens is 2. The predicted molar refractivity (Wildman–Crippen MR) is 54.8 cm³/mol. The summed E-state index contributed by atoms with van der Waals surface area (Å²) in [4.78, 5) is 0. The number of benzene rings is 1. The van der Waals surface area contributed by atoms with Crippen LogP contribution in [-0.4, -0.2) is 9.78 Å². The summed E-state index contributed by atoms with van der Waals surface area (Å²) in [5, 5.41) is 5.10. The molecule has 0 unspecified atom stereocenters. The van der Waals surface area contributed by atoms with Crippen molar-refractivity contribution in [2.75, 3.05) is 0 Å². The fraction of sp³-hybridized carbons (Fsp3) is 0.364. The molecule has 2 nitrogen and oxygen atoms in total. The smallest absolute Gasteiger partial charge is 0.151 e. The number of rotatable bonds is 1. The van der Waals surface area contributed by atoms with E-state index in [0.29, 0.717) is 5.52 Å². The first-order valence-electron chi connectivity index (χ1n) is 4.75. The number of hydrogen-bond donors (Lipinski definition) is 0. The van der Waals surface area contributed by atoms with Crippen molar-refractivity contribution in [2.24, 2.45) is 7.05 Å². The van der Waals surface area contributed by atoms with Crippen molar-refractivity contribution in [3.8, 4) is 0 Å². The van der Waals surface area contributed by atoms with E-state index < -0.39 is 0 Å². The molecule has 0 spiro atoms. The third-order valence-corrected chi connectivity index (χ3v) is 2.49. The molecule has 0 aliphatic heterocycles. The van der Waals surface area contributed by atoms with Gasteiger partial charge in [0.2, 0.25) is 0 Å². The van der Waals surface area contributed by atoms with Crippen LogP contribution in [0.25, 0.3) is 10.9 Å². The number of hydrogen-bond acceptors (Lipinski definition) is 1. The predicted octanol–water partition coefficient (Wildman–Crippen LogP) is 2.58. The van der Waals surface area contributed by atoms with Gasteiger partial charge in [0.15, 0.2) is 5.82 Å². The minimum Gasteiger partial charge on any atom is -0.271 e. The van der Waals surface area contributed by atoms with Crippen molar-refractivity contribution in [1.82, 2.24) is 9.78 Å². The molecule has 0 atom stereocenters. The molecule has 0 bridgehead atoms. The molecule has 0 aliphatic carbocycles. The lowest BCUT2D eigenvalue weighted by molar-refractivity contribution is 0.630. The maximum atomic E-state index is 13.5. The molecule has 0 N–H and O–H groups in total. The Labute approximate surface area is 82.3 Å². The van der Waals surface area contributed by atoms with Gasteiger partial charge in [0.1, 0.15) is 5.52 Å². The van der Waals surface area contributed by atoms with E-state index in [1.54, 1.807) is 4.68 Å². The molecular formula is C11H13FN2. The van der Waals surface area contributed by atoms with Gasteiger partial charge < -0.3 is 0 Å². The third-order valence-electron chi connectivity index (χ3n) is 2.49. The van der Waals surface area contributed by atoms with Crippen LogP contribution in [0.2, 0.25) is 0 Å². The van der Waals surface area contributed by atoms with Crippen molar-refractivity contribution < 1.29 is 4.39 Å². The number of aryl methyl sites for hydroxylation is 3. The molecule has 1 aromatic carbocycles. The molecule has 0 fully saturated rings. The highest BCUT2D eigenvalue weighted by atomic mass is 19.1. The molecular weight excluding hydrogens is 179 g/mol. The molecule has 2 aromatic rings. The molecule has 0 saturated heterocycles. The van der Waals surface area contributed by atoms with Crippen LogP contribution in [0.4, 0.5) is 4.39 Å². The number of fused-ring (bicyclic) bond motifs is 1. The summed E-state index contributed by atoms with van der Waals surface area (Å²) in [6, 6.07) is 3.51. The van der Waals surface area contributed by atoms with Gasteiger partial charge in [0.05, 0.1) is 0 Å². The Bertz CT molecular complexity index is 485. The van der Waals surface area contributed by atoms with Crippen LogP contribution in [-0.2, 0) is 13.5 Å². The van der Waals surface area contributed by atoms with Gasteiger partial charge in [-0.1, -0.05) is 6.92 Å². The van der Waals surface area contributed by atoms with Crippen molar-refractivity contribution in [3.05, 3.63) is 29.2 Å². The lowest BCUT2D eigenvalue weighted by Crippen LogP contribution is -1.95. The van der Waals surface area contributed by atoms with Gasteiger partial charge in [0, 0.05) is 18.1 Å². The fourth-order valence-electron chi connectivity index (χ4n) is 1.86. The van der Waals surface area contributed by atoms with Crippen molar-refractivity contribution in [2.45, 2.75) is 20.3 Å². The summed E-state index contributed by atoms with van der Waals surface area (Å²) < 4.78 is 15.3. The minimum atomic E-state index is -0.227. The van der Waals surface area contributed by atoms with E-state index >= 15 is 0 Å². The molecule has 2 rings (SSSR count). The average molecular weight is 192 g/mol. The summed E-state index contributed by atoms with van der Waals surface area (Å²) in [6.07, 6.45) is 0.871. The number of halogens is 1. The van der Waals surface area contributed by atoms with Crippen LogP contribution in [0.15, 0.2) is 12.1 Å². The first kappa shape index (κ1) is 9.19. The second-order valence-electron chi connectivity index (χ2n) is 3.57. The van der Waals surface area contributed by atoms with Gasteiger partial charge in [-0.3, -0.25) is 4.68 Å². The molecule has 0 saturated carbocycles. The SMILES string of the molecule is CCc1c2cc(C)cc(F)c2nn1C. The van der Waals surface area contributed by atoms with E-state index in [2.05, 4.69) is 12.0 Å². The largest absolute Gasteiger partial charge is 0.271 e. The molecule has 3 heteroatoms. The van der Waals surface area contributed by atoms with E-state index in [4.69, 9.17) is 0 Å². The van der Waals surface area contributed by atoms with Gasteiger partial charge in [-0.15, -0.1) is 0 Å². The average Bonchev–Trinajstić information content (AvgIpc) is 2.41. The molecule has 0 aliphatic rings. The van der Waals surface area contributed by atoms with Crippen LogP contribution < -0.4 is 0 Å². The van der Waals surface area contributed by atoms with Crippen molar-refractivity contribution >= 4 is 10.9 Å². The Morgan fingerprint density at radius 2 is 2.14 bits per heavy atom. The Hall–Kier alpha value is -1.38. The summed E-state index contributed by atoms with van der Waals surface area (Å²) in [7, 11) is 1.85. The van der Waals surface area contributed by atoms with Crippen molar-refractivity contribution in [1.29, 1.82) is 0 Å². The second kappa shape index (κ2) is 3.08. The highest BCUT2D eigenvalue weighted by molar-refractivity contribution is 5.82. The lowest BCUT2D eigenvalue weighted by atomic mass is 10.1. The molecule has 0 amide bonds. The van der Waals surface area contributed by atoms with E-state index in [-0.39, 0.29) is 5.82 Å². The molecule has 14 heavy (non-hydrogen) atoms. The van der Waals surface area contributed by atoms with Crippen LogP contribution >= 0.6 is 0 Å². The normalized spacial score (nSPS) is 11.1. The first-order valence-corrected chi connectivity index (χ1v) is 4.75. The fourth-order valence-corrected chi connectivity index (χ4v) is 1.86. The van der Waals surface area contributed by atoms with Crippen LogP contribution in [0, 0.1) is 12.7 Å².